The molecule has 5 heteroatoms. The number of nitrogens with two attached hydrogens (primary N) is 1. The molecule has 2 aromatic rings. The lowest BCUT2D eigenvalue weighted by molar-refractivity contribution is 0.518. The lowest BCUT2D eigenvalue weighted by atomic mass is 10.2. The summed E-state index contributed by atoms with van der Waals surface area (Å²) in [5.74, 6) is 0.847. The molecule has 88 valence electrons. The highest BCUT2D eigenvalue weighted by atomic mass is 35.5. The van der Waals surface area contributed by atoms with Gasteiger partial charge in [-0.05, 0) is 30.3 Å². The van der Waals surface area contributed by atoms with Gasteiger partial charge in [0.25, 0.3) is 0 Å². The molecule has 0 spiro atoms. The summed E-state index contributed by atoms with van der Waals surface area (Å²) in [5, 5.41) is 3.76. The number of thiocarbonyl (C=S) groups is 1. The van der Waals surface area contributed by atoms with E-state index in [9.17, 15) is 0 Å². The van der Waals surface area contributed by atoms with Crippen molar-refractivity contribution in [2.24, 2.45) is 5.73 Å². The Morgan fingerprint density at radius 1 is 1.41 bits per heavy atom. The highest BCUT2D eigenvalue weighted by Gasteiger charge is 2.04. The van der Waals surface area contributed by atoms with E-state index in [2.05, 4.69) is 5.32 Å². The van der Waals surface area contributed by atoms with E-state index in [1.54, 1.807) is 12.3 Å². The van der Waals surface area contributed by atoms with Crippen LogP contribution < -0.4 is 11.1 Å². The van der Waals surface area contributed by atoms with Gasteiger partial charge >= 0.3 is 0 Å². The smallest absolute Gasteiger partial charge is 0.122 e. The van der Waals surface area contributed by atoms with Gasteiger partial charge in [0.05, 0.1) is 23.5 Å². The predicted octanol–water partition coefficient (Wildman–Crippen LogP) is 3.18. The van der Waals surface area contributed by atoms with Gasteiger partial charge in [-0.1, -0.05) is 23.8 Å². The second kappa shape index (κ2) is 5.21. The predicted molar refractivity (Wildman–Crippen MR) is 73.4 cm³/mol. The van der Waals surface area contributed by atoms with Crippen molar-refractivity contribution in [1.29, 1.82) is 0 Å². The van der Waals surface area contributed by atoms with Crippen molar-refractivity contribution in [2.75, 3.05) is 5.32 Å². The topological polar surface area (TPSA) is 51.2 Å². The minimum absolute atomic E-state index is 0.337. The van der Waals surface area contributed by atoms with Crippen molar-refractivity contribution in [3.8, 4) is 0 Å². The first kappa shape index (κ1) is 12.0. The summed E-state index contributed by atoms with van der Waals surface area (Å²) >= 11 is 11.0. The van der Waals surface area contributed by atoms with E-state index < -0.39 is 0 Å². The van der Waals surface area contributed by atoms with Gasteiger partial charge in [0, 0.05) is 5.56 Å². The first-order valence-corrected chi connectivity index (χ1v) is 5.81. The molecule has 0 amide bonds. The van der Waals surface area contributed by atoms with Crippen LogP contribution in [0.2, 0.25) is 5.02 Å². The van der Waals surface area contributed by atoms with Gasteiger partial charge < -0.3 is 15.5 Å². The van der Waals surface area contributed by atoms with E-state index in [4.69, 9.17) is 34.0 Å². The number of furan rings is 1. The number of rotatable bonds is 4. The van der Waals surface area contributed by atoms with Crippen LogP contribution in [0.25, 0.3) is 0 Å². The number of anilines is 1. The Hall–Kier alpha value is -1.52. The fraction of sp³-hybridized carbons (Fsp3) is 0.0833. The minimum Gasteiger partial charge on any atom is -0.467 e. The summed E-state index contributed by atoms with van der Waals surface area (Å²) in [6.45, 7) is 0.582. The average Bonchev–Trinajstić information content (AvgIpc) is 2.80. The van der Waals surface area contributed by atoms with Gasteiger partial charge in [-0.15, -0.1) is 0 Å². The Kier molecular flexibility index (Phi) is 3.66. The van der Waals surface area contributed by atoms with E-state index in [1.807, 2.05) is 24.3 Å². The largest absolute Gasteiger partial charge is 0.467 e. The molecule has 0 atom stereocenters. The third-order valence-corrected chi connectivity index (χ3v) is 2.84. The van der Waals surface area contributed by atoms with Crippen molar-refractivity contribution in [3.05, 3.63) is 52.9 Å². The van der Waals surface area contributed by atoms with Crippen molar-refractivity contribution >= 4 is 34.5 Å². The molecule has 1 aromatic heterocycles. The molecule has 0 unspecified atom stereocenters. The fourth-order valence-corrected chi connectivity index (χ4v) is 1.78. The molecule has 0 fully saturated rings. The third-order valence-electron chi connectivity index (χ3n) is 2.29. The summed E-state index contributed by atoms with van der Waals surface area (Å²) in [7, 11) is 0. The number of halogens is 1. The van der Waals surface area contributed by atoms with Crippen LogP contribution in [0.3, 0.4) is 0 Å². The van der Waals surface area contributed by atoms with Crippen molar-refractivity contribution in [3.63, 3.8) is 0 Å². The van der Waals surface area contributed by atoms with Crippen LogP contribution in [0.15, 0.2) is 41.0 Å². The maximum atomic E-state index is 6.11. The molecular weight excluding hydrogens is 256 g/mol. The van der Waals surface area contributed by atoms with Crippen molar-refractivity contribution < 1.29 is 4.42 Å². The van der Waals surface area contributed by atoms with Crippen LogP contribution in [0, 0.1) is 0 Å². The van der Waals surface area contributed by atoms with Crippen molar-refractivity contribution in [2.45, 2.75) is 6.54 Å². The summed E-state index contributed by atoms with van der Waals surface area (Å²) in [6.07, 6.45) is 1.63. The molecule has 2 rings (SSSR count). The van der Waals surface area contributed by atoms with Crippen molar-refractivity contribution in [1.82, 2.24) is 0 Å². The zero-order valence-corrected chi connectivity index (χ0v) is 10.5. The highest BCUT2D eigenvalue weighted by molar-refractivity contribution is 7.80. The van der Waals surface area contributed by atoms with E-state index in [0.29, 0.717) is 16.6 Å². The van der Waals surface area contributed by atoms with Gasteiger partial charge in [-0.25, -0.2) is 0 Å². The molecule has 0 aliphatic heterocycles. The molecule has 0 saturated heterocycles. The molecule has 17 heavy (non-hydrogen) atoms. The zero-order valence-electron chi connectivity index (χ0n) is 8.94. The molecule has 1 aromatic carbocycles. The molecule has 1 heterocycles. The zero-order chi connectivity index (χ0) is 12.3. The molecule has 0 aliphatic carbocycles. The molecule has 3 N–H and O–H groups in total. The summed E-state index contributed by atoms with van der Waals surface area (Å²) in [6, 6.07) is 9.16. The molecule has 0 aliphatic rings. The van der Waals surface area contributed by atoms with E-state index in [0.717, 1.165) is 17.0 Å². The summed E-state index contributed by atoms with van der Waals surface area (Å²) in [5.41, 5.74) is 7.10. The highest BCUT2D eigenvalue weighted by Crippen LogP contribution is 2.23. The maximum Gasteiger partial charge on any atom is 0.122 e. The fourth-order valence-electron chi connectivity index (χ4n) is 1.41. The van der Waals surface area contributed by atoms with Gasteiger partial charge in [-0.2, -0.15) is 0 Å². The van der Waals surface area contributed by atoms with Crippen LogP contribution >= 0.6 is 23.8 Å². The molecule has 0 radical (unpaired) electrons. The average molecular weight is 267 g/mol. The Morgan fingerprint density at radius 2 is 2.24 bits per heavy atom. The molecule has 0 saturated carbocycles. The summed E-state index contributed by atoms with van der Waals surface area (Å²) < 4.78 is 5.21. The monoisotopic (exact) mass is 266 g/mol. The lowest BCUT2D eigenvalue weighted by Gasteiger charge is -2.08. The van der Waals surface area contributed by atoms with Crippen LogP contribution in [-0.2, 0) is 6.54 Å². The Labute approximate surface area is 110 Å². The molecule has 0 bridgehead atoms. The Morgan fingerprint density at radius 3 is 2.82 bits per heavy atom. The van der Waals surface area contributed by atoms with Crippen LogP contribution in [0.1, 0.15) is 11.3 Å². The number of hydrogen-bond acceptors (Lipinski definition) is 3. The Balaban J connectivity index is 2.09. The summed E-state index contributed by atoms with van der Waals surface area (Å²) in [4.78, 5) is 0.337. The standard InChI is InChI=1S/C12H11ClN2OS/c13-10-6-8(12(14)17)3-4-11(10)15-7-9-2-1-5-16-9/h1-6,15H,7H2,(H2,14,17). The number of benzene rings is 1. The normalized spacial score (nSPS) is 10.2. The van der Waals surface area contributed by atoms with Gasteiger partial charge in [0.1, 0.15) is 10.7 Å². The van der Waals surface area contributed by atoms with E-state index >= 15 is 0 Å². The van der Waals surface area contributed by atoms with E-state index in [1.165, 1.54) is 0 Å². The number of nitrogens with one attached hydrogen (secondary N) is 1. The second-order valence-electron chi connectivity index (χ2n) is 3.49. The quantitative estimate of drug-likeness (QED) is 0.835. The second-order valence-corrected chi connectivity index (χ2v) is 4.34. The third kappa shape index (κ3) is 2.99. The van der Waals surface area contributed by atoms with Crippen LogP contribution in [0.5, 0.6) is 0 Å². The minimum atomic E-state index is 0.337. The van der Waals surface area contributed by atoms with Crippen LogP contribution in [0.4, 0.5) is 5.69 Å². The van der Waals surface area contributed by atoms with Crippen LogP contribution in [-0.4, -0.2) is 4.99 Å². The molecule has 3 nitrogen and oxygen atoms in total. The van der Waals surface area contributed by atoms with E-state index in [-0.39, 0.29) is 0 Å². The first-order chi connectivity index (χ1) is 8.16. The molecular formula is C12H11ClN2OS. The van der Waals surface area contributed by atoms with Gasteiger partial charge in [0.2, 0.25) is 0 Å². The SMILES string of the molecule is NC(=S)c1ccc(NCc2ccco2)c(Cl)c1. The Bertz CT molecular complexity index is 525. The first-order valence-electron chi connectivity index (χ1n) is 5.02. The number of hydrogen-bond donors (Lipinski definition) is 2. The van der Waals surface area contributed by atoms with Gasteiger partial charge in [-0.3, -0.25) is 0 Å². The van der Waals surface area contributed by atoms with Gasteiger partial charge in [0.15, 0.2) is 0 Å². The maximum absolute atomic E-state index is 6.11. The lowest BCUT2D eigenvalue weighted by Crippen LogP contribution is -2.09.